The van der Waals surface area contributed by atoms with E-state index in [1.807, 2.05) is 48.5 Å². The number of carbonyl (C=O) groups is 2. The number of nitrogens with zero attached hydrogens (tertiary/aromatic N) is 2. The van der Waals surface area contributed by atoms with Gasteiger partial charge in [-0.25, -0.2) is 0 Å². The van der Waals surface area contributed by atoms with Gasteiger partial charge in [-0.2, -0.15) is 14.0 Å². The van der Waals surface area contributed by atoms with E-state index < -0.39 is 6.61 Å². The number of amides is 2. The predicted molar refractivity (Wildman–Crippen MR) is 143 cm³/mol. The first kappa shape index (κ1) is 27.7. The highest BCUT2D eigenvalue weighted by Crippen LogP contribution is 2.31. The van der Waals surface area contributed by atoms with Crippen molar-refractivity contribution in [3.63, 3.8) is 0 Å². The van der Waals surface area contributed by atoms with Gasteiger partial charge in [0.25, 0.3) is 0 Å². The fourth-order valence-corrected chi connectivity index (χ4v) is 4.86. The van der Waals surface area contributed by atoms with E-state index in [1.54, 1.807) is 23.1 Å². The zero-order chi connectivity index (χ0) is 27.8. The number of halogens is 2. The Balaban J connectivity index is 1.55. The molecule has 1 aliphatic rings. The minimum atomic E-state index is -2.96. The van der Waals surface area contributed by atoms with Gasteiger partial charge in [0.05, 0.1) is 18.2 Å². The van der Waals surface area contributed by atoms with Gasteiger partial charge < -0.3 is 20.3 Å². The summed E-state index contributed by atoms with van der Waals surface area (Å²) < 4.78 is 31.2. The zero-order valence-electron chi connectivity index (χ0n) is 21.6. The van der Waals surface area contributed by atoms with Crippen molar-refractivity contribution in [3.05, 3.63) is 89.5 Å². The van der Waals surface area contributed by atoms with E-state index >= 15 is 0 Å². The van der Waals surface area contributed by atoms with E-state index in [1.165, 1.54) is 13.0 Å². The Bertz CT molecular complexity index is 1330. The van der Waals surface area contributed by atoms with Crippen molar-refractivity contribution in [2.75, 3.05) is 19.6 Å². The summed E-state index contributed by atoms with van der Waals surface area (Å²) in [5.74, 6) is -0.353. The fourth-order valence-electron chi connectivity index (χ4n) is 4.86. The van der Waals surface area contributed by atoms with Crippen LogP contribution >= 0.6 is 0 Å². The first-order valence-corrected chi connectivity index (χ1v) is 12.7. The Hall–Kier alpha value is -4.29. The molecule has 202 valence electrons. The Morgan fingerprint density at radius 3 is 2.46 bits per heavy atom. The van der Waals surface area contributed by atoms with Crippen LogP contribution in [0.4, 0.5) is 8.78 Å². The van der Waals surface area contributed by atoms with Gasteiger partial charge in [0.15, 0.2) is 0 Å². The maximum atomic E-state index is 13.2. The Morgan fingerprint density at radius 1 is 1.08 bits per heavy atom. The second-order valence-electron chi connectivity index (χ2n) is 9.43. The van der Waals surface area contributed by atoms with Crippen molar-refractivity contribution in [2.45, 2.75) is 38.5 Å². The number of rotatable bonds is 9. The second-order valence-corrected chi connectivity index (χ2v) is 9.43. The molecule has 0 spiro atoms. The number of nitrogens with one attached hydrogen (secondary N) is 2. The number of benzene rings is 3. The average Bonchev–Trinajstić information content (AvgIpc) is 2.95. The van der Waals surface area contributed by atoms with Crippen LogP contribution in [0.1, 0.15) is 36.0 Å². The van der Waals surface area contributed by atoms with E-state index in [9.17, 15) is 18.4 Å². The molecule has 0 radical (unpaired) electrons. The largest absolute Gasteiger partial charge is 0.434 e. The van der Waals surface area contributed by atoms with Crippen molar-refractivity contribution in [1.82, 2.24) is 15.5 Å². The van der Waals surface area contributed by atoms with Gasteiger partial charge in [-0.1, -0.05) is 48.5 Å². The first-order valence-electron chi connectivity index (χ1n) is 12.7. The summed E-state index contributed by atoms with van der Waals surface area (Å²) in [4.78, 5) is 25.7. The van der Waals surface area contributed by atoms with E-state index in [0.29, 0.717) is 30.6 Å². The molecule has 0 bridgehead atoms. The SMILES string of the molecule is CC(=O)NCC(=O)N1CCC(NCc2cc(-c3ccc(C#N)cc3)ccc2OC(F)F)C(c2ccccc2)C1. The summed E-state index contributed by atoms with van der Waals surface area (Å²) in [7, 11) is 0. The van der Waals surface area contributed by atoms with Gasteiger partial charge in [-0.05, 0) is 47.4 Å². The lowest BCUT2D eigenvalue weighted by Crippen LogP contribution is -2.51. The number of likely N-dealkylation sites (tertiary alicyclic amines) is 1. The molecule has 0 aliphatic carbocycles. The number of nitriles is 1. The van der Waals surface area contributed by atoms with Crippen LogP contribution in [0.2, 0.25) is 0 Å². The number of ether oxygens (including phenoxy) is 1. The summed E-state index contributed by atoms with van der Waals surface area (Å²) in [6.45, 7) is -0.389. The van der Waals surface area contributed by atoms with Crippen molar-refractivity contribution in [2.24, 2.45) is 0 Å². The summed E-state index contributed by atoms with van der Waals surface area (Å²) >= 11 is 0. The molecule has 2 amide bonds. The van der Waals surface area contributed by atoms with Crippen LogP contribution in [0.3, 0.4) is 0 Å². The second kappa shape index (κ2) is 13.0. The number of alkyl halides is 2. The Labute approximate surface area is 226 Å². The van der Waals surface area contributed by atoms with Crippen molar-refractivity contribution >= 4 is 11.8 Å². The van der Waals surface area contributed by atoms with Crippen LogP contribution in [0.5, 0.6) is 5.75 Å². The van der Waals surface area contributed by atoms with Gasteiger partial charge in [0.1, 0.15) is 5.75 Å². The van der Waals surface area contributed by atoms with Crippen LogP contribution < -0.4 is 15.4 Å². The maximum Gasteiger partial charge on any atom is 0.387 e. The topological polar surface area (TPSA) is 94.5 Å². The maximum absolute atomic E-state index is 13.2. The molecule has 0 aromatic heterocycles. The molecule has 0 saturated carbocycles. The van der Waals surface area contributed by atoms with E-state index in [0.717, 1.165) is 16.7 Å². The van der Waals surface area contributed by atoms with Gasteiger partial charge in [-0.3, -0.25) is 9.59 Å². The molecule has 1 aliphatic heterocycles. The molecule has 7 nitrogen and oxygen atoms in total. The lowest BCUT2D eigenvalue weighted by molar-refractivity contribution is -0.133. The lowest BCUT2D eigenvalue weighted by Gasteiger charge is -2.39. The molecule has 9 heteroatoms. The average molecular weight is 533 g/mol. The van der Waals surface area contributed by atoms with E-state index in [2.05, 4.69) is 16.7 Å². The normalized spacial score (nSPS) is 16.9. The third-order valence-corrected chi connectivity index (χ3v) is 6.86. The van der Waals surface area contributed by atoms with Crippen molar-refractivity contribution in [1.29, 1.82) is 5.26 Å². The molecule has 1 fully saturated rings. The standard InChI is InChI=1S/C30H30F2N4O3/c1-20(37)34-18-29(38)36-14-13-27(26(19-36)23-5-3-2-4-6-23)35-17-25-15-24(11-12-28(25)39-30(31)32)22-9-7-21(16-33)8-10-22/h2-12,15,26-27,30,35H,13-14,17-19H2,1H3,(H,34,37). The fraction of sp³-hybridized carbons (Fsp3) is 0.300. The van der Waals surface area contributed by atoms with Crippen LogP contribution in [0, 0.1) is 11.3 Å². The molecule has 2 atom stereocenters. The molecule has 2 N–H and O–H groups in total. The minimum Gasteiger partial charge on any atom is -0.434 e. The molecular weight excluding hydrogens is 502 g/mol. The highest BCUT2D eigenvalue weighted by Gasteiger charge is 2.32. The monoisotopic (exact) mass is 532 g/mol. The molecule has 3 aromatic carbocycles. The minimum absolute atomic E-state index is 0.0322. The van der Waals surface area contributed by atoms with E-state index in [4.69, 9.17) is 10.00 Å². The van der Waals surface area contributed by atoms with Gasteiger partial charge in [0, 0.05) is 44.1 Å². The summed E-state index contributed by atoms with van der Waals surface area (Å²) in [5, 5.41) is 15.2. The third-order valence-electron chi connectivity index (χ3n) is 6.86. The molecule has 4 rings (SSSR count). The molecular formula is C30H30F2N4O3. The van der Waals surface area contributed by atoms with Gasteiger partial charge >= 0.3 is 6.61 Å². The predicted octanol–water partition coefficient (Wildman–Crippen LogP) is 4.44. The smallest absolute Gasteiger partial charge is 0.387 e. The first-order chi connectivity index (χ1) is 18.8. The number of hydrogen-bond acceptors (Lipinski definition) is 5. The number of piperidine rings is 1. The Morgan fingerprint density at radius 2 is 1.79 bits per heavy atom. The zero-order valence-corrected chi connectivity index (χ0v) is 21.6. The van der Waals surface area contributed by atoms with Gasteiger partial charge in [0.2, 0.25) is 11.8 Å². The summed E-state index contributed by atoms with van der Waals surface area (Å²) in [5.41, 5.74) is 3.84. The summed E-state index contributed by atoms with van der Waals surface area (Å²) in [6.07, 6.45) is 0.645. The molecule has 2 unspecified atom stereocenters. The summed E-state index contributed by atoms with van der Waals surface area (Å²) in [6, 6.07) is 24.0. The van der Waals surface area contributed by atoms with Crippen LogP contribution in [0.25, 0.3) is 11.1 Å². The molecule has 1 saturated heterocycles. The van der Waals surface area contributed by atoms with Crippen molar-refractivity contribution in [3.8, 4) is 22.9 Å². The van der Waals surface area contributed by atoms with Crippen LogP contribution in [-0.4, -0.2) is 49.0 Å². The van der Waals surface area contributed by atoms with Crippen molar-refractivity contribution < 1.29 is 23.1 Å². The highest BCUT2D eigenvalue weighted by molar-refractivity contribution is 5.83. The molecule has 1 heterocycles. The third kappa shape index (κ3) is 7.39. The number of hydrogen-bond donors (Lipinski definition) is 2. The van der Waals surface area contributed by atoms with Crippen LogP contribution in [-0.2, 0) is 16.1 Å². The van der Waals surface area contributed by atoms with E-state index in [-0.39, 0.29) is 42.6 Å². The van der Waals surface area contributed by atoms with Gasteiger partial charge in [-0.15, -0.1) is 0 Å². The molecule has 3 aromatic rings. The number of carbonyl (C=O) groups excluding carboxylic acids is 2. The Kier molecular flexibility index (Phi) is 9.23. The van der Waals surface area contributed by atoms with Crippen LogP contribution in [0.15, 0.2) is 72.8 Å². The highest BCUT2D eigenvalue weighted by atomic mass is 19.3. The molecule has 39 heavy (non-hydrogen) atoms. The quantitative estimate of drug-likeness (QED) is 0.425. The lowest BCUT2D eigenvalue weighted by atomic mass is 9.85.